The Kier molecular flexibility index (Phi) is 7.33. The fourth-order valence-electron chi connectivity index (χ4n) is 4.10. The van der Waals surface area contributed by atoms with Gasteiger partial charge in [-0.15, -0.1) is 0 Å². The number of carbonyl (C=O) groups is 2. The van der Waals surface area contributed by atoms with E-state index in [1.807, 2.05) is 37.3 Å². The molecule has 0 bridgehead atoms. The van der Waals surface area contributed by atoms with E-state index in [0.29, 0.717) is 34.2 Å². The third kappa shape index (κ3) is 5.15. The molecular weight excluding hydrogens is 450 g/mol. The predicted octanol–water partition coefficient (Wildman–Crippen LogP) is 6.02. The molecule has 0 saturated carbocycles. The molecule has 0 amide bonds. The quantitative estimate of drug-likeness (QED) is 0.231. The van der Waals surface area contributed by atoms with Gasteiger partial charge in [0.2, 0.25) is 0 Å². The van der Waals surface area contributed by atoms with Gasteiger partial charge in [-0.1, -0.05) is 41.9 Å². The van der Waals surface area contributed by atoms with Crippen LogP contribution in [0.3, 0.4) is 0 Å². The largest absolute Gasteiger partial charge is 0.497 e. The highest BCUT2D eigenvalue weighted by Gasteiger charge is 2.22. The molecule has 6 heteroatoms. The molecule has 4 rings (SSSR count). The number of benzene rings is 3. The van der Waals surface area contributed by atoms with E-state index in [1.54, 1.807) is 42.0 Å². The average Bonchev–Trinajstić information content (AvgIpc) is 3.12. The SMILES string of the molecule is COc1ccc2c(c1)c(CC(=O)OCCCc1ccccc1)c(C)n2C(=O)c1ccc(Cl)cc1. The first-order valence-electron chi connectivity index (χ1n) is 11.2. The van der Waals surface area contributed by atoms with Crippen LogP contribution in [0.2, 0.25) is 5.02 Å². The molecule has 0 unspecified atom stereocenters. The number of methoxy groups -OCH3 is 1. The minimum absolute atomic E-state index is 0.0712. The Morgan fingerprint density at radius 1 is 0.971 bits per heavy atom. The highest BCUT2D eigenvalue weighted by Crippen LogP contribution is 2.31. The maximum absolute atomic E-state index is 13.4. The van der Waals surface area contributed by atoms with Crippen LogP contribution in [-0.2, 0) is 22.4 Å². The van der Waals surface area contributed by atoms with Crippen LogP contribution < -0.4 is 4.74 Å². The normalized spacial score (nSPS) is 10.9. The van der Waals surface area contributed by atoms with E-state index in [9.17, 15) is 9.59 Å². The number of aryl methyl sites for hydroxylation is 1. The van der Waals surface area contributed by atoms with Crippen LogP contribution in [0.25, 0.3) is 10.9 Å². The molecule has 0 radical (unpaired) electrons. The molecular formula is C28H26ClNO4. The van der Waals surface area contributed by atoms with Crippen LogP contribution in [0.15, 0.2) is 72.8 Å². The Balaban J connectivity index is 1.56. The standard InChI is InChI=1S/C28H26ClNO4/c1-19-24(18-27(31)34-16-6-9-20-7-4-3-5-8-20)25-17-23(33-2)14-15-26(25)30(19)28(32)21-10-12-22(29)13-11-21/h3-5,7-8,10-15,17H,6,9,16,18H2,1-2H3. The first-order valence-corrected chi connectivity index (χ1v) is 11.5. The van der Waals surface area contributed by atoms with Crippen molar-refractivity contribution in [3.63, 3.8) is 0 Å². The summed E-state index contributed by atoms with van der Waals surface area (Å²) in [5, 5.41) is 1.35. The molecule has 0 atom stereocenters. The van der Waals surface area contributed by atoms with Gasteiger partial charge >= 0.3 is 5.97 Å². The number of nitrogens with zero attached hydrogens (tertiary/aromatic N) is 1. The highest BCUT2D eigenvalue weighted by molar-refractivity contribution is 6.30. The summed E-state index contributed by atoms with van der Waals surface area (Å²) in [4.78, 5) is 26.1. The minimum atomic E-state index is -0.322. The zero-order valence-corrected chi connectivity index (χ0v) is 20.0. The smallest absolute Gasteiger partial charge is 0.310 e. The second-order valence-electron chi connectivity index (χ2n) is 8.08. The molecule has 0 fully saturated rings. The molecule has 0 saturated heterocycles. The van der Waals surface area contributed by atoms with Crippen molar-refractivity contribution in [1.29, 1.82) is 0 Å². The maximum atomic E-state index is 13.4. The lowest BCUT2D eigenvalue weighted by atomic mass is 10.1. The van der Waals surface area contributed by atoms with Crippen LogP contribution in [0, 0.1) is 6.92 Å². The number of aromatic nitrogens is 1. The number of esters is 1. The predicted molar refractivity (Wildman–Crippen MR) is 134 cm³/mol. The molecule has 0 aliphatic carbocycles. The van der Waals surface area contributed by atoms with Crippen molar-refractivity contribution in [2.45, 2.75) is 26.2 Å². The maximum Gasteiger partial charge on any atom is 0.310 e. The molecule has 0 aliphatic heterocycles. The van der Waals surface area contributed by atoms with Crippen molar-refractivity contribution in [2.24, 2.45) is 0 Å². The number of halogens is 1. The Morgan fingerprint density at radius 2 is 1.71 bits per heavy atom. The Labute approximate surface area is 203 Å². The first kappa shape index (κ1) is 23.6. The second-order valence-corrected chi connectivity index (χ2v) is 8.52. The Bertz CT molecular complexity index is 1310. The van der Waals surface area contributed by atoms with E-state index in [-0.39, 0.29) is 18.3 Å². The van der Waals surface area contributed by atoms with Crippen molar-refractivity contribution < 1.29 is 19.1 Å². The summed E-state index contributed by atoms with van der Waals surface area (Å²) in [6, 6.07) is 22.4. The minimum Gasteiger partial charge on any atom is -0.497 e. The zero-order chi connectivity index (χ0) is 24.1. The topological polar surface area (TPSA) is 57.5 Å². The molecule has 174 valence electrons. The summed E-state index contributed by atoms with van der Waals surface area (Å²) >= 11 is 5.99. The van der Waals surface area contributed by atoms with Gasteiger partial charge in [-0.2, -0.15) is 0 Å². The van der Waals surface area contributed by atoms with E-state index >= 15 is 0 Å². The van der Waals surface area contributed by atoms with Gasteiger partial charge in [-0.25, -0.2) is 0 Å². The number of rotatable bonds is 8. The van der Waals surface area contributed by atoms with E-state index in [0.717, 1.165) is 23.8 Å². The summed E-state index contributed by atoms with van der Waals surface area (Å²) < 4.78 is 12.5. The van der Waals surface area contributed by atoms with Crippen molar-refractivity contribution in [2.75, 3.05) is 13.7 Å². The molecule has 1 aromatic heterocycles. The van der Waals surface area contributed by atoms with Gasteiger partial charge in [-0.3, -0.25) is 14.2 Å². The number of ether oxygens (including phenoxy) is 2. The summed E-state index contributed by atoms with van der Waals surface area (Å²) in [7, 11) is 1.59. The van der Waals surface area contributed by atoms with Gasteiger partial charge in [0.05, 0.1) is 25.7 Å². The van der Waals surface area contributed by atoms with Crippen LogP contribution in [0.5, 0.6) is 5.75 Å². The van der Waals surface area contributed by atoms with Crippen LogP contribution >= 0.6 is 11.6 Å². The number of carbonyl (C=O) groups excluding carboxylic acids is 2. The van der Waals surface area contributed by atoms with Gasteiger partial charge in [0.15, 0.2) is 0 Å². The van der Waals surface area contributed by atoms with E-state index in [1.165, 1.54) is 5.56 Å². The van der Waals surface area contributed by atoms with E-state index < -0.39 is 0 Å². The van der Waals surface area contributed by atoms with Crippen LogP contribution in [0.4, 0.5) is 0 Å². The number of fused-ring (bicyclic) bond motifs is 1. The van der Waals surface area contributed by atoms with Gasteiger partial charge in [0.1, 0.15) is 5.75 Å². The lowest BCUT2D eigenvalue weighted by molar-refractivity contribution is -0.142. The third-order valence-electron chi connectivity index (χ3n) is 5.87. The van der Waals surface area contributed by atoms with Gasteiger partial charge < -0.3 is 9.47 Å². The summed E-state index contributed by atoms with van der Waals surface area (Å²) in [5.74, 6) is 0.143. The monoisotopic (exact) mass is 475 g/mol. The highest BCUT2D eigenvalue weighted by atomic mass is 35.5. The third-order valence-corrected chi connectivity index (χ3v) is 6.12. The van der Waals surface area contributed by atoms with E-state index in [4.69, 9.17) is 21.1 Å². The first-order chi connectivity index (χ1) is 16.5. The molecule has 1 heterocycles. The lowest BCUT2D eigenvalue weighted by Gasteiger charge is -2.08. The summed E-state index contributed by atoms with van der Waals surface area (Å²) in [6.45, 7) is 2.19. The van der Waals surface area contributed by atoms with Crippen molar-refractivity contribution >= 4 is 34.4 Å². The van der Waals surface area contributed by atoms with Crippen molar-refractivity contribution in [1.82, 2.24) is 4.57 Å². The Hall–Kier alpha value is -3.57. The lowest BCUT2D eigenvalue weighted by Crippen LogP contribution is -2.15. The van der Waals surface area contributed by atoms with Crippen molar-refractivity contribution in [3.8, 4) is 5.75 Å². The molecule has 5 nitrogen and oxygen atoms in total. The van der Waals surface area contributed by atoms with Gasteiger partial charge in [0, 0.05) is 21.7 Å². The average molecular weight is 476 g/mol. The molecule has 0 N–H and O–H groups in total. The molecule has 34 heavy (non-hydrogen) atoms. The van der Waals surface area contributed by atoms with Crippen molar-refractivity contribution in [3.05, 3.63) is 100 Å². The number of hydrogen-bond donors (Lipinski definition) is 0. The fraction of sp³-hybridized carbons (Fsp3) is 0.214. The molecule has 0 aliphatic rings. The summed E-state index contributed by atoms with van der Waals surface area (Å²) in [6.07, 6.45) is 1.67. The second kappa shape index (κ2) is 10.6. The summed E-state index contributed by atoms with van der Waals surface area (Å²) in [5.41, 5.74) is 3.89. The fourth-order valence-corrected chi connectivity index (χ4v) is 4.22. The van der Waals surface area contributed by atoms with Crippen LogP contribution in [-0.4, -0.2) is 30.2 Å². The van der Waals surface area contributed by atoms with E-state index in [2.05, 4.69) is 12.1 Å². The van der Waals surface area contributed by atoms with Crippen LogP contribution in [0.1, 0.15) is 33.6 Å². The van der Waals surface area contributed by atoms with Gasteiger partial charge in [-0.05, 0) is 73.4 Å². The molecule has 0 spiro atoms. The van der Waals surface area contributed by atoms with Gasteiger partial charge in [0.25, 0.3) is 5.91 Å². The Morgan fingerprint density at radius 3 is 2.41 bits per heavy atom. The zero-order valence-electron chi connectivity index (χ0n) is 19.2. The molecule has 3 aromatic carbocycles. The molecule has 4 aromatic rings. The number of hydrogen-bond acceptors (Lipinski definition) is 4.